The SMILES string of the molecule is CC(C)c1cc(OC(F)(F)F)cc(C(=O)O)c1. The second-order valence-corrected chi connectivity index (χ2v) is 3.80. The van der Waals surface area contributed by atoms with Crippen molar-refractivity contribution in [2.45, 2.75) is 26.1 Å². The Morgan fingerprint density at radius 1 is 1.29 bits per heavy atom. The largest absolute Gasteiger partial charge is 0.573 e. The topological polar surface area (TPSA) is 46.5 Å². The van der Waals surface area contributed by atoms with Gasteiger partial charge in [-0.25, -0.2) is 4.79 Å². The molecule has 94 valence electrons. The standard InChI is InChI=1S/C11H11F3O3/c1-6(2)7-3-8(10(15)16)5-9(4-7)17-11(12,13)14/h3-6H,1-2H3,(H,15,16). The summed E-state index contributed by atoms with van der Waals surface area (Å²) in [6.07, 6.45) is -4.83. The summed E-state index contributed by atoms with van der Waals surface area (Å²) in [5, 5.41) is 8.78. The van der Waals surface area contributed by atoms with Crippen LogP contribution in [0.15, 0.2) is 18.2 Å². The molecule has 0 aliphatic rings. The average Bonchev–Trinajstić information content (AvgIpc) is 2.14. The zero-order chi connectivity index (χ0) is 13.2. The van der Waals surface area contributed by atoms with E-state index in [1.54, 1.807) is 13.8 Å². The molecule has 17 heavy (non-hydrogen) atoms. The molecular formula is C11H11F3O3. The zero-order valence-corrected chi connectivity index (χ0v) is 9.21. The van der Waals surface area contributed by atoms with Crippen molar-refractivity contribution in [3.63, 3.8) is 0 Å². The van der Waals surface area contributed by atoms with Crippen molar-refractivity contribution in [1.29, 1.82) is 0 Å². The molecule has 0 unspecified atom stereocenters. The number of carboxylic acid groups (broad SMARTS) is 1. The Bertz CT molecular complexity index is 424. The van der Waals surface area contributed by atoms with E-state index in [9.17, 15) is 18.0 Å². The molecule has 0 bridgehead atoms. The third kappa shape index (κ3) is 3.97. The maximum absolute atomic E-state index is 12.0. The number of rotatable bonds is 3. The summed E-state index contributed by atoms with van der Waals surface area (Å²) in [6, 6.07) is 3.36. The number of halogens is 3. The lowest BCUT2D eigenvalue weighted by Crippen LogP contribution is -2.17. The molecule has 6 heteroatoms. The van der Waals surface area contributed by atoms with E-state index < -0.39 is 18.1 Å². The third-order valence-corrected chi connectivity index (χ3v) is 2.08. The van der Waals surface area contributed by atoms with Crippen LogP contribution in [-0.4, -0.2) is 17.4 Å². The van der Waals surface area contributed by atoms with E-state index in [-0.39, 0.29) is 11.5 Å². The van der Waals surface area contributed by atoms with Crippen LogP contribution < -0.4 is 4.74 Å². The van der Waals surface area contributed by atoms with Crippen LogP contribution in [-0.2, 0) is 0 Å². The molecule has 0 amide bonds. The lowest BCUT2D eigenvalue weighted by Gasteiger charge is -2.13. The molecule has 0 atom stereocenters. The number of alkyl halides is 3. The lowest BCUT2D eigenvalue weighted by atomic mass is 10.0. The predicted octanol–water partition coefficient (Wildman–Crippen LogP) is 3.41. The molecule has 1 aromatic carbocycles. The minimum Gasteiger partial charge on any atom is -0.478 e. The van der Waals surface area contributed by atoms with Crippen LogP contribution in [0.25, 0.3) is 0 Å². The minimum absolute atomic E-state index is 0.0927. The maximum Gasteiger partial charge on any atom is 0.573 e. The molecule has 1 N–H and O–H groups in total. The summed E-state index contributed by atoms with van der Waals surface area (Å²) in [4.78, 5) is 10.8. The van der Waals surface area contributed by atoms with E-state index in [1.165, 1.54) is 12.1 Å². The van der Waals surface area contributed by atoms with Crippen LogP contribution in [0.3, 0.4) is 0 Å². The molecule has 0 fully saturated rings. The van der Waals surface area contributed by atoms with Gasteiger partial charge in [0.15, 0.2) is 0 Å². The highest BCUT2D eigenvalue weighted by atomic mass is 19.4. The van der Waals surface area contributed by atoms with Gasteiger partial charge in [-0.15, -0.1) is 13.2 Å². The lowest BCUT2D eigenvalue weighted by molar-refractivity contribution is -0.274. The van der Waals surface area contributed by atoms with Gasteiger partial charge in [0.1, 0.15) is 5.75 Å². The fraction of sp³-hybridized carbons (Fsp3) is 0.364. The van der Waals surface area contributed by atoms with E-state index in [0.717, 1.165) is 6.07 Å². The van der Waals surface area contributed by atoms with Crippen LogP contribution in [0.4, 0.5) is 13.2 Å². The normalized spacial score (nSPS) is 11.6. The van der Waals surface area contributed by atoms with Gasteiger partial charge >= 0.3 is 12.3 Å². The van der Waals surface area contributed by atoms with Crippen LogP contribution in [0, 0.1) is 0 Å². The van der Waals surface area contributed by atoms with E-state index in [2.05, 4.69) is 4.74 Å². The van der Waals surface area contributed by atoms with Gasteiger partial charge in [-0.05, 0) is 29.7 Å². The Hall–Kier alpha value is -1.72. The van der Waals surface area contributed by atoms with Gasteiger partial charge in [-0.2, -0.15) is 0 Å². The van der Waals surface area contributed by atoms with Crippen molar-refractivity contribution >= 4 is 5.97 Å². The van der Waals surface area contributed by atoms with E-state index in [1.807, 2.05) is 0 Å². The molecule has 0 saturated heterocycles. The molecule has 1 aromatic rings. The summed E-state index contributed by atoms with van der Waals surface area (Å²) in [5.41, 5.74) is 0.250. The molecule has 0 saturated carbocycles. The van der Waals surface area contributed by atoms with Gasteiger partial charge in [0.25, 0.3) is 0 Å². The first-order valence-corrected chi connectivity index (χ1v) is 4.83. The number of ether oxygens (including phenoxy) is 1. The highest BCUT2D eigenvalue weighted by molar-refractivity contribution is 5.88. The Morgan fingerprint density at radius 2 is 1.88 bits per heavy atom. The molecule has 0 aliphatic carbocycles. The first-order chi connectivity index (χ1) is 7.69. The number of hydrogen-bond acceptors (Lipinski definition) is 2. The minimum atomic E-state index is -4.83. The van der Waals surface area contributed by atoms with E-state index in [0.29, 0.717) is 5.56 Å². The van der Waals surface area contributed by atoms with Crippen molar-refractivity contribution in [1.82, 2.24) is 0 Å². The maximum atomic E-state index is 12.0. The highest BCUT2D eigenvalue weighted by Gasteiger charge is 2.31. The third-order valence-electron chi connectivity index (χ3n) is 2.08. The van der Waals surface area contributed by atoms with Gasteiger partial charge < -0.3 is 9.84 Å². The molecule has 0 radical (unpaired) electrons. The second-order valence-electron chi connectivity index (χ2n) is 3.80. The fourth-order valence-electron chi connectivity index (χ4n) is 1.27. The van der Waals surface area contributed by atoms with Crippen LogP contribution in [0.1, 0.15) is 35.7 Å². The number of carbonyl (C=O) groups is 1. The van der Waals surface area contributed by atoms with Gasteiger partial charge in [-0.1, -0.05) is 13.8 Å². The van der Waals surface area contributed by atoms with Gasteiger partial charge in [0.05, 0.1) is 5.56 Å². The summed E-state index contributed by atoms with van der Waals surface area (Å²) < 4.78 is 39.8. The summed E-state index contributed by atoms with van der Waals surface area (Å²) >= 11 is 0. The van der Waals surface area contributed by atoms with Crippen molar-refractivity contribution in [2.75, 3.05) is 0 Å². The average molecular weight is 248 g/mol. The molecule has 0 aromatic heterocycles. The number of hydrogen-bond donors (Lipinski definition) is 1. The molecule has 0 heterocycles. The van der Waals surface area contributed by atoms with Gasteiger partial charge in [0.2, 0.25) is 0 Å². The summed E-state index contributed by atoms with van der Waals surface area (Å²) in [6.45, 7) is 3.50. The van der Waals surface area contributed by atoms with E-state index in [4.69, 9.17) is 5.11 Å². The molecule has 0 aliphatic heterocycles. The Labute approximate surface area is 95.8 Å². The predicted molar refractivity (Wildman–Crippen MR) is 54.2 cm³/mol. The second kappa shape index (κ2) is 4.65. The molecule has 3 nitrogen and oxygen atoms in total. The molecule has 1 rings (SSSR count). The summed E-state index contributed by atoms with van der Waals surface area (Å²) in [7, 11) is 0. The van der Waals surface area contributed by atoms with Crippen LogP contribution in [0.5, 0.6) is 5.75 Å². The molecule has 0 spiro atoms. The quantitative estimate of drug-likeness (QED) is 0.891. The number of carboxylic acids is 1. The first-order valence-electron chi connectivity index (χ1n) is 4.83. The highest BCUT2D eigenvalue weighted by Crippen LogP contribution is 2.27. The Morgan fingerprint density at radius 3 is 2.29 bits per heavy atom. The van der Waals surface area contributed by atoms with Crippen LogP contribution in [0.2, 0.25) is 0 Å². The molecular weight excluding hydrogens is 237 g/mol. The monoisotopic (exact) mass is 248 g/mol. The van der Waals surface area contributed by atoms with E-state index >= 15 is 0 Å². The van der Waals surface area contributed by atoms with Crippen LogP contribution >= 0.6 is 0 Å². The first kappa shape index (κ1) is 13.3. The number of benzene rings is 1. The Balaban J connectivity index is 3.17. The van der Waals surface area contributed by atoms with Crippen molar-refractivity contribution in [3.8, 4) is 5.75 Å². The fourth-order valence-corrected chi connectivity index (χ4v) is 1.27. The van der Waals surface area contributed by atoms with Crippen molar-refractivity contribution in [2.24, 2.45) is 0 Å². The van der Waals surface area contributed by atoms with Crippen molar-refractivity contribution in [3.05, 3.63) is 29.3 Å². The van der Waals surface area contributed by atoms with Gasteiger partial charge in [0, 0.05) is 0 Å². The smallest absolute Gasteiger partial charge is 0.478 e. The van der Waals surface area contributed by atoms with Gasteiger partial charge in [-0.3, -0.25) is 0 Å². The zero-order valence-electron chi connectivity index (χ0n) is 9.21. The summed E-state index contributed by atoms with van der Waals surface area (Å²) in [5.74, 6) is -1.90. The van der Waals surface area contributed by atoms with Crippen molar-refractivity contribution < 1.29 is 27.8 Å². The number of aromatic carboxylic acids is 1. The Kier molecular flexibility index (Phi) is 3.65.